The van der Waals surface area contributed by atoms with Gasteiger partial charge in [0.05, 0.1) is 10.9 Å². The van der Waals surface area contributed by atoms with Crippen molar-refractivity contribution in [3.05, 3.63) is 63.4 Å². The van der Waals surface area contributed by atoms with Crippen LogP contribution in [0.25, 0.3) is 22.3 Å². The summed E-state index contributed by atoms with van der Waals surface area (Å²) in [6.45, 7) is 1.58. The van der Waals surface area contributed by atoms with Crippen molar-refractivity contribution in [2.24, 2.45) is 0 Å². The van der Waals surface area contributed by atoms with Gasteiger partial charge in [-0.1, -0.05) is 46.3 Å². The number of rotatable bonds is 5. The van der Waals surface area contributed by atoms with Gasteiger partial charge in [-0.25, -0.2) is 4.98 Å². The predicted octanol–water partition coefficient (Wildman–Crippen LogP) is 3.78. The van der Waals surface area contributed by atoms with Crippen LogP contribution in [0, 0.1) is 0 Å². The molecule has 0 saturated carbocycles. The molecule has 0 aliphatic carbocycles. The Hall–Kier alpha value is -1.98. The fourth-order valence-corrected chi connectivity index (χ4v) is 3.11. The summed E-state index contributed by atoms with van der Waals surface area (Å²) in [4.78, 5) is 19.9. The topological polar surface area (TPSA) is 38.1 Å². The van der Waals surface area contributed by atoms with Gasteiger partial charge in [-0.05, 0) is 45.3 Å². The van der Waals surface area contributed by atoms with Crippen molar-refractivity contribution in [1.29, 1.82) is 0 Å². The first kappa shape index (κ1) is 16.9. The van der Waals surface area contributed by atoms with Crippen LogP contribution in [0.15, 0.2) is 57.8 Å². The molecule has 0 N–H and O–H groups in total. The van der Waals surface area contributed by atoms with E-state index in [1.807, 2.05) is 62.6 Å². The summed E-state index contributed by atoms with van der Waals surface area (Å²) in [7, 11) is 4.08. The third kappa shape index (κ3) is 3.57. The molecule has 124 valence electrons. The van der Waals surface area contributed by atoms with Crippen LogP contribution in [0.1, 0.15) is 6.42 Å². The fourth-order valence-electron chi connectivity index (χ4n) is 2.75. The number of nitrogens with zero attached hydrogens (tertiary/aromatic N) is 3. The van der Waals surface area contributed by atoms with E-state index in [1.54, 1.807) is 4.57 Å². The van der Waals surface area contributed by atoms with Gasteiger partial charge in [-0.3, -0.25) is 9.36 Å². The Balaban J connectivity index is 2.16. The van der Waals surface area contributed by atoms with E-state index in [1.165, 1.54) is 0 Å². The highest BCUT2D eigenvalue weighted by atomic mass is 79.9. The van der Waals surface area contributed by atoms with Crippen molar-refractivity contribution in [1.82, 2.24) is 14.5 Å². The number of hydrogen-bond acceptors (Lipinski definition) is 3. The Morgan fingerprint density at radius 1 is 1.12 bits per heavy atom. The second-order valence-corrected chi connectivity index (χ2v) is 6.99. The van der Waals surface area contributed by atoms with Crippen molar-refractivity contribution in [2.45, 2.75) is 13.0 Å². The molecule has 24 heavy (non-hydrogen) atoms. The summed E-state index contributed by atoms with van der Waals surface area (Å²) < 4.78 is 2.69. The number of benzene rings is 2. The predicted molar refractivity (Wildman–Crippen MR) is 102 cm³/mol. The van der Waals surface area contributed by atoms with E-state index in [4.69, 9.17) is 4.98 Å². The maximum absolute atomic E-state index is 13.0. The standard InChI is InChI=1S/C19H20BrN3O/c1-22(2)11-6-12-23-18(14-7-4-3-5-8-14)21-17-10-9-15(20)13-16(17)19(23)24/h3-5,7-10,13H,6,11-12H2,1-2H3. The number of fused-ring (bicyclic) bond motifs is 1. The minimum Gasteiger partial charge on any atom is -0.309 e. The molecular weight excluding hydrogens is 366 g/mol. The molecule has 0 aliphatic rings. The summed E-state index contributed by atoms with van der Waals surface area (Å²) in [6.07, 6.45) is 0.897. The third-order valence-electron chi connectivity index (χ3n) is 3.94. The van der Waals surface area contributed by atoms with E-state index in [2.05, 4.69) is 20.8 Å². The summed E-state index contributed by atoms with van der Waals surface area (Å²) >= 11 is 3.44. The fraction of sp³-hybridized carbons (Fsp3) is 0.263. The second-order valence-electron chi connectivity index (χ2n) is 6.08. The van der Waals surface area contributed by atoms with E-state index < -0.39 is 0 Å². The highest BCUT2D eigenvalue weighted by Crippen LogP contribution is 2.21. The molecule has 0 amide bonds. The average molecular weight is 386 g/mol. The summed E-state index contributed by atoms with van der Waals surface area (Å²) in [5.74, 6) is 0.731. The van der Waals surface area contributed by atoms with Crippen molar-refractivity contribution < 1.29 is 0 Å². The third-order valence-corrected chi connectivity index (χ3v) is 4.43. The van der Waals surface area contributed by atoms with Gasteiger partial charge in [-0.15, -0.1) is 0 Å². The molecule has 3 aromatic rings. The van der Waals surface area contributed by atoms with Crippen LogP contribution >= 0.6 is 15.9 Å². The van der Waals surface area contributed by atoms with Gasteiger partial charge in [0.15, 0.2) is 0 Å². The molecule has 0 atom stereocenters. The minimum atomic E-state index is 0.0129. The van der Waals surface area contributed by atoms with Crippen LogP contribution in [0.4, 0.5) is 0 Å². The quantitative estimate of drug-likeness (QED) is 0.670. The maximum atomic E-state index is 13.0. The average Bonchev–Trinajstić information content (AvgIpc) is 2.57. The molecular formula is C19H20BrN3O. The molecule has 0 spiro atoms. The molecule has 0 saturated heterocycles. The zero-order valence-electron chi connectivity index (χ0n) is 13.9. The lowest BCUT2D eigenvalue weighted by Crippen LogP contribution is -2.25. The van der Waals surface area contributed by atoms with E-state index in [0.29, 0.717) is 11.9 Å². The molecule has 5 heteroatoms. The van der Waals surface area contributed by atoms with Gasteiger partial charge in [0.25, 0.3) is 5.56 Å². The smallest absolute Gasteiger partial charge is 0.261 e. The van der Waals surface area contributed by atoms with Crippen molar-refractivity contribution in [2.75, 3.05) is 20.6 Å². The van der Waals surface area contributed by atoms with Crippen LogP contribution in [0.2, 0.25) is 0 Å². The van der Waals surface area contributed by atoms with Crippen molar-refractivity contribution in [3.8, 4) is 11.4 Å². The SMILES string of the molecule is CN(C)CCCn1c(-c2ccccc2)nc2ccc(Br)cc2c1=O. The Bertz CT molecular complexity index is 904. The summed E-state index contributed by atoms with van der Waals surface area (Å²) in [5, 5.41) is 0.647. The molecule has 1 aromatic heterocycles. The van der Waals surface area contributed by atoms with E-state index >= 15 is 0 Å². The first-order valence-corrected chi connectivity index (χ1v) is 8.76. The number of halogens is 1. The molecule has 2 aromatic carbocycles. The van der Waals surface area contributed by atoms with Gasteiger partial charge in [-0.2, -0.15) is 0 Å². The Morgan fingerprint density at radius 3 is 2.58 bits per heavy atom. The Labute approximate surface area is 149 Å². The lowest BCUT2D eigenvalue weighted by Gasteiger charge is -2.15. The Morgan fingerprint density at radius 2 is 1.88 bits per heavy atom. The second kappa shape index (κ2) is 7.28. The van der Waals surface area contributed by atoms with Crippen LogP contribution in [-0.2, 0) is 6.54 Å². The number of hydrogen-bond donors (Lipinski definition) is 0. The zero-order chi connectivity index (χ0) is 17.1. The monoisotopic (exact) mass is 385 g/mol. The van der Waals surface area contributed by atoms with Crippen LogP contribution in [0.5, 0.6) is 0 Å². The van der Waals surface area contributed by atoms with Crippen LogP contribution in [-0.4, -0.2) is 35.1 Å². The lowest BCUT2D eigenvalue weighted by atomic mass is 10.1. The first-order chi connectivity index (χ1) is 11.6. The van der Waals surface area contributed by atoms with Gasteiger partial charge >= 0.3 is 0 Å². The minimum absolute atomic E-state index is 0.0129. The number of aromatic nitrogens is 2. The van der Waals surface area contributed by atoms with Crippen molar-refractivity contribution in [3.63, 3.8) is 0 Å². The maximum Gasteiger partial charge on any atom is 0.261 e. The molecule has 0 radical (unpaired) electrons. The van der Waals surface area contributed by atoms with Gasteiger partial charge in [0, 0.05) is 16.6 Å². The van der Waals surface area contributed by atoms with Gasteiger partial charge < -0.3 is 4.90 Å². The molecule has 3 rings (SSSR count). The molecule has 0 bridgehead atoms. The lowest BCUT2D eigenvalue weighted by molar-refractivity contribution is 0.385. The molecule has 4 nitrogen and oxygen atoms in total. The molecule has 1 heterocycles. The molecule has 0 fully saturated rings. The highest BCUT2D eigenvalue weighted by Gasteiger charge is 2.13. The van der Waals surface area contributed by atoms with Gasteiger partial charge in [0.2, 0.25) is 0 Å². The largest absolute Gasteiger partial charge is 0.309 e. The Kier molecular flexibility index (Phi) is 5.11. The molecule has 0 aliphatic heterocycles. The van der Waals surface area contributed by atoms with Crippen LogP contribution in [0.3, 0.4) is 0 Å². The van der Waals surface area contributed by atoms with Gasteiger partial charge in [0.1, 0.15) is 5.82 Å². The van der Waals surface area contributed by atoms with Crippen molar-refractivity contribution >= 4 is 26.8 Å². The first-order valence-electron chi connectivity index (χ1n) is 7.96. The van der Waals surface area contributed by atoms with E-state index in [0.717, 1.165) is 34.3 Å². The van der Waals surface area contributed by atoms with Crippen LogP contribution < -0.4 is 5.56 Å². The zero-order valence-corrected chi connectivity index (χ0v) is 15.5. The van der Waals surface area contributed by atoms with E-state index in [9.17, 15) is 4.79 Å². The molecule has 0 unspecified atom stereocenters. The van der Waals surface area contributed by atoms with E-state index in [-0.39, 0.29) is 5.56 Å². The summed E-state index contributed by atoms with van der Waals surface area (Å²) in [5.41, 5.74) is 1.70. The normalized spacial score (nSPS) is 11.3. The summed E-state index contributed by atoms with van der Waals surface area (Å²) in [6, 6.07) is 15.5. The highest BCUT2D eigenvalue weighted by molar-refractivity contribution is 9.10.